The van der Waals surface area contributed by atoms with Gasteiger partial charge in [0.05, 0.1) is 24.0 Å². The van der Waals surface area contributed by atoms with Gasteiger partial charge in [-0.3, -0.25) is 14.5 Å². The number of aromatic nitrogens is 3. The highest BCUT2D eigenvalue weighted by Gasteiger charge is 2.22. The number of aliphatic carboxylic acids is 1. The summed E-state index contributed by atoms with van der Waals surface area (Å²) in [6, 6.07) is 15.6. The maximum Gasteiger partial charge on any atom is 0.307 e. The molecule has 2 aromatic carbocycles. The zero-order valence-electron chi connectivity index (χ0n) is 26.0. The second kappa shape index (κ2) is 14.6. The number of rotatable bonds is 13. The van der Waals surface area contributed by atoms with Gasteiger partial charge in [-0.2, -0.15) is 0 Å². The molecule has 0 unspecified atom stereocenters. The van der Waals surface area contributed by atoms with E-state index < -0.39 is 5.97 Å². The molecule has 0 aliphatic carbocycles. The number of aryl methyl sites for hydroxylation is 2. The number of unbranched alkanes of at least 4 members (excludes halogenated alkanes) is 1. The van der Waals surface area contributed by atoms with Gasteiger partial charge in [0.1, 0.15) is 11.3 Å². The van der Waals surface area contributed by atoms with Gasteiger partial charge in [-0.25, -0.2) is 9.97 Å². The number of carboxylic acids is 1. The third kappa shape index (κ3) is 7.73. The first-order valence-corrected chi connectivity index (χ1v) is 15.8. The molecular formula is C34H45N7O3. The highest BCUT2D eigenvalue weighted by Crippen LogP contribution is 2.29. The second-order valence-corrected chi connectivity index (χ2v) is 12.0. The SMILES string of the molecule is CCCCc1nc2c(N)nc3ccccc3c2n1CCCN(Cc1cccc(CC(=O)O)c1)C(=O)CN1CCCN(C)CC1. The lowest BCUT2D eigenvalue weighted by atomic mass is 10.1. The van der Waals surface area contributed by atoms with E-state index in [4.69, 9.17) is 10.7 Å². The molecule has 3 N–H and O–H groups in total. The molecule has 1 aliphatic rings. The average Bonchev–Trinajstić information content (AvgIpc) is 3.24. The molecule has 44 heavy (non-hydrogen) atoms. The number of carbonyl (C=O) groups excluding carboxylic acids is 1. The number of hydrogen-bond donors (Lipinski definition) is 2. The van der Waals surface area contributed by atoms with Crippen LogP contribution in [-0.4, -0.2) is 92.5 Å². The van der Waals surface area contributed by atoms with Gasteiger partial charge in [0.2, 0.25) is 5.91 Å². The summed E-state index contributed by atoms with van der Waals surface area (Å²) in [6.45, 7) is 8.02. The number of fused-ring (bicyclic) bond motifs is 3. The third-order valence-corrected chi connectivity index (χ3v) is 8.50. The van der Waals surface area contributed by atoms with Crippen molar-refractivity contribution < 1.29 is 14.7 Å². The van der Waals surface area contributed by atoms with Gasteiger partial charge < -0.3 is 25.2 Å². The van der Waals surface area contributed by atoms with E-state index in [-0.39, 0.29) is 12.3 Å². The number of nitrogens with zero attached hydrogens (tertiary/aromatic N) is 6. The molecular weight excluding hydrogens is 554 g/mol. The van der Waals surface area contributed by atoms with E-state index in [0.29, 0.717) is 32.0 Å². The number of nitrogens with two attached hydrogens (primary N) is 1. The largest absolute Gasteiger partial charge is 0.481 e. The first-order valence-electron chi connectivity index (χ1n) is 15.8. The van der Waals surface area contributed by atoms with Gasteiger partial charge in [-0.1, -0.05) is 55.8 Å². The molecule has 0 radical (unpaired) electrons. The average molecular weight is 600 g/mol. The molecule has 10 nitrogen and oxygen atoms in total. The Bertz CT molecular complexity index is 1600. The van der Waals surface area contributed by atoms with Crippen LogP contribution in [0.2, 0.25) is 0 Å². The molecule has 10 heteroatoms. The summed E-state index contributed by atoms with van der Waals surface area (Å²) in [4.78, 5) is 41.3. The zero-order valence-corrected chi connectivity index (χ0v) is 26.0. The van der Waals surface area contributed by atoms with Crippen molar-refractivity contribution in [3.63, 3.8) is 0 Å². The Morgan fingerprint density at radius 1 is 1.00 bits per heavy atom. The fraction of sp³-hybridized carbons (Fsp3) is 0.471. The first-order chi connectivity index (χ1) is 21.3. The van der Waals surface area contributed by atoms with Crippen molar-refractivity contribution in [3.05, 3.63) is 65.5 Å². The van der Waals surface area contributed by atoms with E-state index in [0.717, 1.165) is 97.2 Å². The Labute approximate surface area is 259 Å². The summed E-state index contributed by atoms with van der Waals surface area (Å²) in [5.74, 6) is 0.672. The molecule has 234 valence electrons. The lowest BCUT2D eigenvalue weighted by Crippen LogP contribution is -2.42. The van der Waals surface area contributed by atoms with Gasteiger partial charge in [0.15, 0.2) is 5.82 Å². The van der Waals surface area contributed by atoms with Crippen LogP contribution in [0, 0.1) is 0 Å². The minimum atomic E-state index is -0.865. The predicted molar refractivity (Wildman–Crippen MR) is 174 cm³/mol. The quantitative estimate of drug-likeness (QED) is 0.235. The van der Waals surface area contributed by atoms with Crippen molar-refractivity contribution in [1.29, 1.82) is 0 Å². The normalized spacial score (nSPS) is 14.7. The van der Waals surface area contributed by atoms with Crippen LogP contribution in [0.25, 0.3) is 21.9 Å². The number of carbonyl (C=O) groups is 2. The number of hydrogen-bond acceptors (Lipinski definition) is 7. The third-order valence-electron chi connectivity index (χ3n) is 8.50. The number of anilines is 1. The second-order valence-electron chi connectivity index (χ2n) is 12.0. The number of para-hydroxylation sites is 1. The van der Waals surface area contributed by atoms with Crippen molar-refractivity contribution in [1.82, 2.24) is 29.2 Å². The van der Waals surface area contributed by atoms with Crippen LogP contribution in [0.1, 0.15) is 49.6 Å². The van der Waals surface area contributed by atoms with Crippen LogP contribution in [0.5, 0.6) is 0 Å². The summed E-state index contributed by atoms with van der Waals surface area (Å²) >= 11 is 0. The maximum atomic E-state index is 13.8. The van der Waals surface area contributed by atoms with E-state index in [1.165, 1.54) is 0 Å². The van der Waals surface area contributed by atoms with E-state index in [1.807, 2.05) is 47.4 Å². The highest BCUT2D eigenvalue weighted by atomic mass is 16.4. The predicted octanol–water partition coefficient (Wildman–Crippen LogP) is 4.19. The van der Waals surface area contributed by atoms with Crippen LogP contribution in [-0.2, 0) is 35.5 Å². The lowest BCUT2D eigenvalue weighted by Gasteiger charge is -2.27. The van der Waals surface area contributed by atoms with Gasteiger partial charge in [0, 0.05) is 44.5 Å². The van der Waals surface area contributed by atoms with E-state index in [9.17, 15) is 14.7 Å². The van der Waals surface area contributed by atoms with Crippen LogP contribution in [0.15, 0.2) is 48.5 Å². The van der Waals surface area contributed by atoms with Gasteiger partial charge in [-0.05, 0) is 56.6 Å². The van der Waals surface area contributed by atoms with Crippen molar-refractivity contribution in [2.24, 2.45) is 0 Å². The monoisotopic (exact) mass is 599 g/mol. The fourth-order valence-electron chi connectivity index (χ4n) is 6.17. The minimum absolute atomic E-state index is 0.0384. The molecule has 0 spiro atoms. The molecule has 1 fully saturated rings. The molecule has 0 bridgehead atoms. The number of amides is 1. The number of likely N-dealkylation sites (N-methyl/N-ethyl adjacent to an activating group) is 1. The Balaban J connectivity index is 1.39. The summed E-state index contributed by atoms with van der Waals surface area (Å²) in [6.07, 6.45) is 4.68. The van der Waals surface area contributed by atoms with Gasteiger partial charge in [-0.15, -0.1) is 0 Å². The number of imidazole rings is 1. The lowest BCUT2D eigenvalue weighted by molar-refractivity contribution is -0.136. The Kier molecular flexibility index (Phi) is 10.4. The minimum Gasteiger partial charge on any atom is -0.481 e. The molecule has 0 atom stereocenters. The standard InChI is InChI=1S/C34H45N7O3/c1-3-4-14-29-37-32-33(27-12-5-6-13-28(27)36-34(32)35)41(29)18-9-17-40(23-26-11-7-10-25(21-26)22-31(43)44)30(42)24-39-16-8-15-38(2)19-20-39/h5-7,10-13,21H,3-4,8-9,14-20,22-24H2,1-2H3,(H2,35,36)(H,43,44). The molecule has 1 amide bonds. The number of nitrogen functional groups attached to an aromatic ring is 1. The summed E-state index contributed by atoms with van der Waals surface area (Å²) < 4.78 is 2.28. The highest BCUT2D eigenvalue weighted by molar-refractivity contribution is 6.06. The topological polar surface area (TPSA) is 121 Å². The van der Waals surface area contributed by atoms with E-state index in [1.54, 1.807) is 0 Å². The van der Waals surface area contributed by atoms with E-state index in [2.05, 4.69) is 39.4 Å². The Morgan fingerprint density at radius 2 is 1.82 bits per heavy atom. The van der Waals surface area contributed by atoms with E-state index >= 15 is 0 Å². The molecule has 4 aromatic rings. The summed E-state index contributed by atoms with van der Waals surface area (Å²) in [7, 11) is 2.13. The van der Waals surface area contributed by atoms with Crippen molar-refractivity contribution >= 4 is 39.6 Å². The smallest absolute Gasteiger partial charge is 0.307 e. The number of benzene rings is 2. The molecule has 2 aromatic heterocycles. The van der Waals surface area contributed by atoms with Gasteiger partial charge >= 0.3 is 5.97 Å². The Morgan fingerprint density at radius 3 is 2.64 bits per heavy atom. The summed E-state index contributed by atoms with van der Waals surface area (Å²) in [5, 5.41) is 10.3. The van der Waals surface area contributed by atoms with Crippen molar-refractivity contribution in [2.45, 2.75) is 58.5 Å². The zero-order chi connectivity index (χ0) is 31.1. The molecule has 5 rings (SSSR count). The van der Waals surface area contributed by atoms with Crippen LogP contribution in [0.4, 0.5) is 5.82 Å². The van der Waals surface area contributed by atoms with Crippen LogP contribution < -0.4 is 5.73 Å². The van der Waals surface area contributed by atoms with Gasteiger partial charge in [0.25, 0.3) is 0 Å². The van der Waals surface area contributed by atoms with Crippen LogP contribution >= 0.6 is 0 Å². The van der Waals surface area contributed by atoms with Crippen molar-refractivity contribution in [3.8, 4) is 0 Å². The van der Waals surface area contributed by atoms with Crippen molar-refractivity contribution in [2.75, 3.05) is 52.0 Å². The molecule has 1 saturated heterocycles. The summed E-state index contributed by atoms with van der Waals surface area (Å²) in [5.41, 5.74) is 10.7. The molecule has 3 heterocycles. The number of carboxylic acid groups (broad SMARTS) is 1. The molecule has 0 saturated carbocycles. The fourth-order valence-corrected chi connectivity index (χ4v) is 6.17. The Hall–Kier alpha value is -4.02. The number of pyridine rings is 1. The van der Waals surface area contributed by atoms with Crippen LogP contribution in [0.3, 0.4) is 0 Å². The molecule has 1 aliphatic heterocycles. The first kappa shape index (κ1) is 31.4. The maximum absolute atomic E-state index is 13.8.